The van der Waals surface area contributed by atoms with Crippen molar-refractivity contribution in [3.63, 3.8) is 0 Å². The number of amides is 3. The zero-order chi connectivity index (χ0) is 21.2. The largest absolute Gasteiger partial charge is 0.483 e. The first kappa shape index (κ1) is 22.7. The molecule has 2 rings (SSSR count). The molecule has 7 heteroatoms. The van der Waals surface area contributed by atoms with Gasteiger partial charge in [0.15, 0.2) is 6.61 Å². The van der Waals surface area contributed by atoms with Crippen molar-refractivity contribution in [3.05, 3.63) is 29.8 Å². The molecule has 0 radical (unpaired) electrons. The summed E-state index contributed by atoms with van der Waals surface area (Å²) >= 11 is 0. The van der Waals surface area contributed by atoms with E-state index >= 15 is 0 Å². The lowest BCUT2D eigenvalue weighted by Gasteiger charge is -2.22. The lowest BCUT2D eigenvalue weighted by atomic mass is 10.0. The molecule has 0 aliphatic carbocycles. The Labute approximate surface area is 173 Å². The summed E-state index contributed by atoms with van der Waals surface area (Å²) in [6, 6.07) is 7.17. The number of nitrogens with zero attached hydrogens (tertiary/aromatic N) is 1. The molecule has 2 atom stereocenters. The third kappa shape index (κ3) is 6.76. The van der Waals surface area contributed by atoms with Crippen LogP contribution in [0.2, 0.25) is 0 Å². The lowest BCUT2D eigenvalue weighted by Crippen LogP contribution is -2.40. The Kier molecular flexibility index (Phi) is 8.96. The second-order valence-electron chi connectivity index (χ2n) is 7.47. The highest BCUT2D eigenvalue weighted by molar-refractivity contribution is 5.85. The first-order chi connectivity index (χ1) is 14.0. The van der Waals surface area contributed by atoms with Crippen LogP contribution in [0.4, 0.5) is 0 Å². The number of benzene rings is 1. The van der Waals surface area contributed by atoms with Gasteiger partial charge in [-0.1, -0.05) is 39.0 Å². The Morgan fingerprint density at radius 2 is 1.79 bits per heavy atom. The van der Waals surface area contributed by atoms with Gasteiger partial charge in [-0.05, 0) is 31.7 Å². The Balaban J connectivity index is 1.95. The van der Waals surface area contributed by atoms with Crippen molar-refractivity contribution in [3.8, 4) is 5.75 Å². The fourth-order valence-corrected chi connectivity index (χ4v) is 3.27. The van der Waals surface area contributed by atoms with Gasteiger partial charge in [-0.15, -0.1) is 0 Å². The standard InChI is InChI=1S/C22H33N3O4/c1-4-16(3)22(28)23-14-20(26)24-18(5-2)17-10-6-7-11-19(17)29-15-21(27)25-12-8-9-13-25/h6-7,10-11,16,18H,4-5,8-9,12-15H2,1-3H3,(H,23,28)(H,24,26). The first-order valence-corrected chi connectivity index (χ1v) is 10.5. The predicted molar refractivity (Wildman–Crippen MR) is 111 cm³/mol. The van der Waals surface area contributed by atoms with Crippen LogP contribution in [0.5, 0.6) is 5.75 Å². The summed E-state index contributed by atoms with van der Waals surface area (Å²) in [7, 11) is 0. The average Bonchev–Trinajstić information content (AvgIpc) is 3.28. The van der Waals surface area contributed by atoms with Gasteiger partial charge in [0, 0.05) is 24.6 Å². The van der Waals surface area contributed by atoms with Gasteiger partial charge in [-0.3, -0.25) is 14.4 Å². The number of carbonyl (C=O) groups excluding carboxylic acids is 3. The van der Waals surface area contributed by atoms with Gasteiger partial charge >= 0.3 is 0 Å². The highest BCUT2D eigenvalue weighted by atomic mass is 16.5. The molecular weight excluding hydrogens is 370 g/mol. The number of likely N-dealkylation sites (tertiary alicyclic amines) is 1. The fourth-order valence-electron chi connectivity index (χ4n) is 3.27. The Morgan fingerprint density at radius 1 is 1.10 bits per heavy atom. The minimum atomic E-state index is -0.263. The molecule has 160 valence electrons. The number of para-hydroxylation sites is 1. The summed E-state index contributed by atoms with van der Waals surface area (Å²) < 4.78 is 5.81. The Morgan fingerprint density at radius 3 is 2.45 bits per heavy atom. The smallest absolute Gasteiger partial charge is 0.260 e. The van der Waals surface area contributed by atoms with Gasteiger partial charge in [0.2, 0.25) is 11.8 Å². The van der Waals surface area contributed by atoms with Gasteiger partial charge in [-0.2, -0.15) is 0 Å². The van der Waals surface area contributed by atoms with E-state index in [1.54, 1.807) is 0 Å². The molecule has 2 N–H and O–H groups in total. The Bertz CT molecular complexity index is 701. The summed E-state index contributed by atoms with van der Waals surface area (Å²) in [4.78, 5) is 38.3. The van der Waals surface area contributed by atoms with Crippen LogP contribution in [0, 0.1) is 5.92 Å². The molecule has 0 aromatic heterocycles. The van der Waals surface area contributed by atoms with Gasteiger partial charge < -0.3 is 20.3 Å². The zero-order valence-corrected chi connectivity index (χ0v) is 17.7. The minimum Gasteiger partial charge on any atom is -0.483 e. The SMILES string of the molecule is CCC(C)C(=O)NCC(=O)NC(CC)c1ccccc1OCC(=O)N1CCCC1. The van der Waals surface area contributed by atoms with Crippen molar-refractivity contribution in [2.24, 2.45) is 5.92 Å². The molecule has 1 fully saturated rings. The molecule has 1 aliphatic heterocycles. The minimum absolute atomic E-state index is 0.00758. The number of carbonyl (C=O) groups is 3. The van der Waals surface area contributed by atoms with E-state index < -0.39 is 0 Å². The van der Waals surface area contributed by atoms with Crippen LogP contribution in [0.25, 0.3) is 0 Å². The quantitative estimate of drug-likeness (QED) is 0.628. The maximum Gasteiger partial charge on any atom is 0.260 e. The molecule has 1 aliphatic rings. The van der Waals surface area contributed by atoms with Crippen LogP contribution in [0.1, 0.15) is 58.1 Å². The number of hydrogen-bond acceptors (Lipinski definition) is 4. The number of ether oxygens (including phenoxy) is 1. The molecule has 1 aromatic rings. The molecule has 0 saturated carbocycles. The molecule has 0 spiro atoms. The molecule has 1 aromatic carbocycles. The highest BCUT2D eigenvalue weighted by Crippen LogP contribution is 2.27. The van der Waals surface area contributed by atoms with Crippen LogP contribution in [-0.4, -0.2) is 48.9 Å². The number of hydrogen-bond donors (Lipinski definition) is 2. The van der Waals surface area contributed by atoms with E-state index in [1.165, 1.54) is 0 Å². The molecule has 7 nitrogen and oxygen atoms in total. The summed E-state index contributed by atoms with van der Waals surface area (Å²) in [5.41, 5.74) is 0.825. The summed E-state index contributed by atoms with van der Waals surface area (Å²) in [6.45, 7) is 7.25. The van der Waals surface area contributed by atoms with E-state index in [9.17, 15) is 14.4 Å². The van der Waals surface area contributed by atoms with E-state index in [0.29, 0.717) is 12.2 Å². The summed E-state index contributed by atoms with van der Waals surface area (Å²) in [6.07, 6.45) is 3.47. The summed E-state index contributed by atoms with van der Waals surface area (Å²) in [5.74, 6) is 0.0846. The number of nitrogens with one attached hydrogen (secondary N) is 2. The van der Waals surface area contributed by atoms with Crippen LogP contribution >= 0.6 is 0 Å². The van der Waals surface area contributed by atoms with Crippen molar-refractivity contribution < 1.29 is 19.1 Å². The van der Waals surface area contributed by atoms with Crippen LogP contribution in [0.15, 0.2) is 24.3 Å². The molecule has 1 saturated heterocycles. The van der Waals surface area contributed by atoms with Crippen LogP contribution in [0.3, 0.4) is 0 Å². The van der Waals surface area contributed by atoms with Crippen molar-refractivity contribution in [2.75, 3.05) is 26.2 Å². The van der Waals surface area contributed by atoms with E-state index in [4.69, 9.17) is 4.74 Å². The third-order valence-corrected chi connectivity index (χ3v) is 5.33. The molecule has 1 heterocycles. The van der Waals surface area contributed by atoms with Crippen molar-refractivity contribution in [1.29, 1.82) is 0 Å². The third-order valence-electron chi connectivity index (χ3n) is 5.33. The molecule has 2 unspecified atom stereocenters. The van der Waals surface area contributed by atoms with Gasteiger partial charge in [0.25, 0.3) is 5.91 Å². The van der Waals surface area contributed by atoms with Crippen molar-refractivity contribution >= 4 is 17.7 Å². The van der Waals surface area contributed by atoms with E-state index in [-0.39, 0.29) is 42.8 Å². The maximum atomic E-state index is 12.3. The highest BCUT2D eigenvalue weighted by Gasteiger charge is 2.21. The van der Waals surface area contributed by atoms with Crippen LogP contribution in [-0.2, 0) is 14.4 Å². The Hall–Kier alpha value is -2.57. The molecular formula is C22H33N3O4. The monoisotopic (exact) mass is 403 g/mol. The van der Waals surface area contributed by atoms with Gasteiger partial charge in [-0.25, -0.2) is 0 Å². The second kappa shape index (κ2) is 11.4. The van der Waals surface area contributed by atoms with E-state index in [2.05, 4.69) is 10.6 Å². The first-order valence-electron chi connectivity index (χ1n) is 10.5. The second-order valence-corrected chi connectivity index (χ2v) is 7.47. The maximum absolute atomic E-state index is 12.3. The van der Waals surface area contributed by atoms with Crippen molar-refractivity contribution in [2.45, 2.75) is 52.5 Å². The predicted octanol–water partition coefficient (Wildman–Crippen LogP) is 2.42. The molecule has 29 heavy (non-hydrogen) atoms. The van der Waals surface area contributed by atoms with Gasteiger partial charge in [0.05, 0.1) is 12.6 Å². The van der Waals surface area contributed by atoms with Crippen LogP contribution < -0.4 is 15.4 Å². The lowest BCUT2D eigenvalue weighted by molar-refractivity contribution is -0.132. The average molecular weight is 404 g/mol. The zero-order valence-electron chi connectivity index (χ0n) is 17.7. The van der Waals surface area contributed by atoms with Crippen molar-refractivity contribution in [1.82, 2.24) is 15.5 Å². The molecule has 0 bridgehead atoms. The van der Waals surface area contributed by atoms with E-state index in [0.717, 1.165) is 37.9 Å². The topological polar surface area (TPSA) is 87.7 Å². The van der Waals surface area contributed by atoms with Gasteiger partial charge in [0.1, 0.15) is 5.75 Å². The number of rotatable bonds is 10. The normalized spacial score (nSPS) is 15.5. The fraction of sp³-hybridized carbons (Fsp3) is 0.591. The summed E-state index contributed by atoms with van der Waals surface area (Å²) in [5, 5.41) is 5.62. The molecule has 3 amide bonds. The van der Waals surface area contributed by atoms with E-state index in [1.807, 2.05) is 49.9 Å².